The van der Waals surface area contributed by atoms with Crippen molar-refractivity contribution in [3.63, 3.8) is 0 Å². The van der Waals surface area contributed by atoms with E-state index in [1.807, 2.05) is 12.1 Å². The number of allylic oxidation sites excluding steroid dienone is 1. The summed E-state index contributed by atoms with van der Waals surface area (Å²) in [6.07, 6.45) is 2.07. The van der Waals surface area contributed by atoms with Crippen molar-refractivity contribution in [2.75, 3.05) is 0 Å². The van der Waals surface area contributed by atoms with Gasteiger partial charge in [0, 0.05) is 12.7 Å². The molecule has 2 aromatic rings. The predicted octanol–water partition coefficient (Wildman–Crippen LogP) is 3.84. The van der Waals surface area contributed by atoms with Crippen LogP contribution in [0.1, 0.15) is 18.1 Å². The Bertz CT molecular complexity index is 471. The van der Waals surface area contributed by atoms with Gasteiger partial charge in [-0.2, -0.15) is 0 Å². The van der Waals surface area contributed by atoms with Gasteiger partial charge in [0.15, 0.2) is 0 Å². The van der Waals surface area contributed by atoms with E-state index in [4.69, 9.17) is 0 Å². The van der Waals surface area contributed by atoms with Gasteiger partial charge in [-0.05, 0) is 23.6 Å². The maximum Gasteiger partial charge on any atom is 0.0395 e. The Kier molecular flexibility index (Phi) is 3.98. The molecule has 0 atom stereocenters. The molecule has 1 N–H and O–H groups in total. The molecule has 0 saturated heterocycles. The van der Waals surface area contributed by atoms with Crippen LogP contribution in [0.2, 0.25) is 0 Å². The predicted molar refractivity (Wildman–Crippen MR) is 73.4 cm³/mol. The first-order valence-corrected chi connectivity index (χ1v) is 5.86. The Morgan fingerprint density at radius 3 is 2.18 bits per heavy atom. The van der Waals surface area contributed by atoms with Crippen molar-refractivity contribution in [1.82, 2.24) is 5.32 Å². The largest absolute Gasteiger partial charge is 0.387 e. The number of hydrogen-bond donors (Lipinski definition) is 1. The van der Waals surface area contributed by atoms with Crippen LogP contribution in [0, 0.1) is 0 Å². The zero-order valence-electron chi connectivity index (χ0n) is 10.1. The first-order valence-electron chi connectivity index (χ1n) is 5.86. The molecule has 0 radical (unpaired) electrons. The van der Waals surface area contributed by atoms with E-state index < -0.39 is 0 Å². The zero-order chi connectivity index (χ0) is 11.9. The van der Waals surface area contributed by atoms with Gasteiger partial charge in [0.1, 0.15) is 0 Å². The van der Waals surface area contributed by atoms with Crippen LogP contribution in [0.3, 0.4) is 0 Å². The lowest BCUT2D eigenvalue weighted by molar-refractivity contribution is 0.871. The number of benzene rings is 2. The summed E-state index contributed by atoms with van der Waals surface area (Å²) in [4.78, 5) is 0. The summed E-state index contributed by atoms with van der Waals surface area (Å²) in [5.41, 5.74) is 3.80. The Labute approximate surface area is 103 Å². The molecule has 1 heteroatoms. The van der Waals surface area contributed by atoms with Gasteiger partial charge in [0.25, 0.3) is 0 Å². The number of rotatable bonds is 4. The van der Waals surface area contributed by atoms with Gasteiger partial charge in [-0.1, -0.05) is 60.7 Å². The van der Waals surface area contributed by atoms with Gasteiger partial charge in [-0.3, -0.25) is 0 Å². The monoisotopic (exact) mass is 223 g/mol. The fraction of sp³-hybridized carbons (Fsp3) is 0.125. The normalized spacial score (nSPS) is 11.2. The third-order valence-corrected chi connectivity index (χ3v) is 2.70. The Balaban J connectivity index is 1.93. The second kappa shape index (κ2) is 5.90. The maximum absolute atomic E-state index is 3.34. The summed E-state index contributed by atoms with van der Waals surface area (Å²) < 4.78 is 0. The van der Waals surface area contributed by atoms with Crippen LogP contribution in [0.15, 0.2) is 66.9 Å². The fourth-order valence-electron chi connectivity index (χ4n) is 1.70. The Hall–Kier alpha value is -2.02. The summed E-state index contributed by atoms with van der Waals surface area (Å²) >= 11 is 0. The highest BCUT2D eigenvalue weighted by atomic mass is 14.8. The Morgan fingerprint density at radius 1 is 0.941 bits per heavy atom. The number of hydrogen-bond acceptors (Lipinski definition) is 1. The molecule has 0 heterocycles. The van der Waals surface area contributed by atoms with E-state index in [9.17, 15) is 0 Å². The molecular formula is C16H17N. The highest BCUT2D eigenvalue weighted by Crippen LogP contribution is 2.11. The molecule has 0 aliphatic carbocycles. The van der Waals surface area contributed by atoms with Crippen molar-refractivity contribution in [2.24, 2.45) is 0 Å². The van der Waals surface area contributed by atoms with E-state index in [1.54, 1.807) is 0 Å². The van der Waals surface area contributed by atoms with Crippen LogP contribution >= 0.6 is 0 Å². The summed E-state index contributed by atoms with van der Waals surface area (Å²) in [6, 6.07) is 20.8. The molecular weight excluding hydrogens is 206 g/mol. The van der Waals surface area contributed by atoms with Crippen LogP contribution in [-0.4, -0.2) is 0 Å². The lowest BCUT2D eigenvalue weighted by atomic mass is 10.1. The smallest absolute Gasteiger partial charge is 0.0395 e. The van der Waals surface area contributed by atoms with Crippen molar-refractivity contribution in [2.45, 2.75) is 13.5 Å². The third-order valence-electron chi connectivity index (χ3n) is 2.70. The highest BCUT2D eigenvalue weighted by molar-refractivity contribution is 5.62. The maximum atomic E-state index is 3.34. The summed E-state index contributed by atoms with van der Waals surface area (Å²) in [7, 11) is 0. The van der Waals surface area contributed by atoms with Crippen LogP contribution < -0.4 is 5.32 Å². The molecule has 0 bridgehead atoms. The molecule has 2 rings (SSSR count). The SMILES string of the molecule is CC(=CNCc1ccccc1)c1ccccc1. The molecule has 0 aliphatic heterocycles. The van der Waals surface area contributed by atoms with Gasteiger partial charge >= 0.3 is 0 Å². The fourth-order valence-corrected chi connectivity index (χ4v) is 1.70. The van der Waals surface area contributed by atoms with Crippen molar-refractivity contribution in [3.05, 3.63) is 78.0 Å². The first kappa shape index (κ1) is 11.5. The van der Waals surface area contributed by atoms with E-state index in [1.165, 1.54) is 16.7 Å². The minimum absolute atomic E-state index is 0.866. The highest BCUT2D eigenvalue weighted by Gasteiger charge is 1.93. The molecule has 86 valence electrons. The van der Waals surface area contributed by atoms with Crippen LogP contribution in [0.25, 0.3) is 5.57 Å². The lowest BCUT2D eigenvalue weighted by Crippen LogP contribution is -2.04. The van der Waals surface area contributed by atoms with Crippen molar-refractivity contribution in [3.8, 4) is 0 Å². The standard InChI is InChI=1S/C16H17N/c1-14(16-10-6-3-7-11-16)12-17-13-15-8-4-2-5-9-15/h2-12,17H,13H2,1H3. The number of nitrogens with one attached hydrogen (secondary N) is 1. The molecule has 17 heavy (non-hydrogen) atoms. The second-order valence-corrected chi connectivity index (χ2v) is 4.06. The summed E-state index contributed by atoms with van der Waals surface area (Å²) in [5.74, 6) is 0. The summed E-state index contributed by atoms with van der Waals surface area (Å²) in [5, 5.41) is 3.34. The Morgan fingerprint density at radius 2 is 1.53 bits per heavy atom. The molecule has 0 fully saturated rings. The van der Waals surface area contributed by atoms with Crippen molar-refractivity contribution >= 4 is 5.57 Å². The zero-order valence-corrected chi connectivity index (χ0v) is 10.1. The van der Waals surface area contributed by atoms with Gasteiger partial charge in [-0.15, -0.1) is 0 Å². The van der Waals surface area contributed by atoms with E-state index in [-0.39, 0.29) is 0 Å². The molecule has 0 spiro atoms. The molecule has 0 unspecified atom stereocenters. The lowest BCUT2D eigenvalue weighted by Gasteiger charge is -2.04. The second-order valence-electron chi connectivity index (χ2n) is 4.06. The molecule has 0 aromatic heterocycles. The quantitative estimate of drug-likeness (QED) is 0.830. The van der Waals surface area contributed by atoms with Crippen molar-refractivity contribution < 1.29 is 0 Å². The average Bonchev–Trinajstić information content (AvgIpc) is 2.41. The molecule has 0 amide bonds. The van der Waals surface area contributed by atoms with Gasteiger partial charge in [0.2, 0.25) is 0 Å². The van der Waals surface area contributed by atoms with E-state index in [2.05, 4.69) is 67.0 Å². The van der Waals surface area contributed by atoms with Crippen LogP contribution in [-0.2, 0) is 6.54 Å². The van der Waals surface area contributed by atoms with Crippen molar-refractivity contribution in [1.29, 1.82) is 0 Å². The first-order chi connectivity index (χ1) is 8.36. The minimum atomic E-state index is 0.866. The topological polar surface area (TPSA) is 12.0 Å². The third kappa shape index (κ3) is 3.49. The molecule has 1 nitrogen and oxygen atoms in total. The summed E-state index contributed by atoms with van der Waals surface area (Å²) in [6.45, 7) is 2.98. The van der Waals surface area contributed by atoms with Gasteiger partial charge in [0.05, 0.1) is 0 Å². The van der Waals surface area contributed by atoms with E-state index in [0.717, 1.165) is 6.54 Å². The van der Waals surface area contributed by atoms with Crippen LogP contribution in [0.5, 0.6) is 0 Å². The minimum Gasteiger partial charge on any atom is -0.387 e. The van der Waals surface area contributed by atoms with Gasteiger partial charge in [-0.25, -0.2) is 0 Å². The molecule has 0 aliphatic rings. The average molecular weight is 223 g/mol. The van der Waals surface area contributed by atoms with E-state index in [0.29, 0.717) is 0 Å². The van der Waals surface area contributed by atoms with Crippen LogP contribution in [0.4, 0.5) is 0 Å². The molecule has 0 saturated carbocycles. The van der Waals surface area contributed by atoms with E-state index >= 15 is 0 Å². The van der Waals surface area contributed by atoms with Gasteiger partial charge < -0.3 is 5.32 Å². The molecule has 2 aromatic carbocycles.